The van der Waals surface area contributed by atoms with E-state index in [1.54, 1.807) is 11.8 Å². The van der Waals surface area contributed by atoms with Crippen LogP contribution in [0.5, 0.6) is 0 Å². The molecule has 1 heterocycles. The van der Waals surface area contributed by atoms with Crippen molar-refractivity contribution in [2.24, 2.45) is 0 Å². The van der Waals surface area contributed by atoms with E-state index in [1.807, 2.05) is 35.2 Å². The summed E-state index contributed by atoms with van der Waals surface area (Å²) in [6.07, 6.45) is 11.0. The van der Waals surface area contributed by atoms with Gasteiger partial charge in [0.2, 0.25) is 5.91 Å². The maximum atomic E-state index is 13.4. The van der Waals surface area contributed by atoms with Crippen molar-refractivity contribution in [1.82, 2.24) is 15.1 Å². The van der Waals surface area contributed by atoms with Crippen molar-refractivity contribution in [3.63, 3.8) is 0 Å². The number of amides is 2. The van der Waals surface area contributed by atoms with E-state index >= 15 is 0 Å². The monoisotopic (exact) mass is 505 g/mol. The zero-order valence-corrected chi connectivity index (χ0v) is 22.3. The van der Waals surface area contributed by atoms with E-state index in [9.17, 15) is 9.59 Å². The summed E-state index contributed by atoms with van der Waals surface area (Å²) in [7, 11) is 0. The van der Waals surface area contributed by atoms with Gasteiger partial charge >= 0.3 is 0 Å². The van der Waals surface area contributed by atoms with Crippen LogP contribution in [0.3, 0.4) is 0 Å². The fourth-order valence-corrected chi connectivity index (χ4v) is 6.44. The zero-order chi connectivity index (χ0) is 24.3. The molecule has 1 N–H and O–H groups in total. The third-order valence-corrected chi connectivity index (χ3v) is 8.32. The van der Waals surface area contributed by atoms with Crippen molar-refractivity contribution in [2.75, 3.05) is 32.7 Å². The van der Waals surface area contributed by atoms with Crippen LogP contribution in [-0.4, -0.2) is 65.6 Å². The maximum absolute atomic E-state index is 13.4. The van der Waals surface area contributed by atoms with Crippen LogP contribution in [0.15, 0.2) is 29.2 Å². The molecular formula is C27H40ClN3O2S. The van der Waals surface area contributed by atoms with Crippen molar-refractivity contribution in [3.8, 4) is 0 Å². The summed E-state index contributed by atoms with van der Waals surface area (Å²) in [5.41, 5.74) is 0.918. The van der Waals surface area contributed by atoms with Crippen LogP contribution in [0.2, 0.25) is 5.02 Å². The first-order valence-corrected chi connectivity index (χ1v) is 14.2. The van der Waals surface area contributed by atoms with Gasteiger partial charge in [-0.25, -0.2) is 0 Å². The molecule has 5 nitrogen and oxygen atoms in total. The fraction of sp³-hybridized carbons (Fsp3) is 0.630. The highest BCUT2D eigenvalue weighted by Gasteiger charge is 2.41. The molecule has 1 saturated carbocycles. The molecule has 2 unspecified atom stereocenters. The Hall–Kier alpha value is -1.50. The molecule has 0 radical (unpaired) electrons. The largest absolute Gasteiger partial charge is 0.353 e. The van der Waals surface area contributed by atoms with E-state index in [4.69, 9.17) is 11.6 Å². The van der Waals surface area contributed by atoms with E-state index in [2.05, 4.69) is 24.1 Å². The molecule has 2 aliphatic rings. The number of rotatable bonds is 12. The molecule has 1 aliphatic carbocycles. The Kier molecular flexibility index (Phi) is 11.3. The third-order valence-electron chi connectivity index (χ3n) is 6.68. The number of carbonyl (C=O) groups is 2. The fourth-order valence-electron chi connectivity index (χ4n) is 4.77. The lowest BCUT2D eigenvalue weighted by atomic mass is 9.93. The summed E-state index contributed by atoms with van der Waals surface area (Å²) in [4.78, 5) is 31.3. The zero-order valence-electron chi connectivity index (χ0n) is 20.7. The van der Waals surface area contributed by atoms with Gasteiger partial charge in [-0.15, -0.1) is 11.8 Å². The standard InChI is InChI=1S/C27H40ClN3O2S/c1-3-5-15-30(16-6-4-2)17-14-29-26(32)20-31-23-12-7-8-13-24(23)34-25(27(31)33)19-21-10-9-11-22(28)18-21/h9-11,18-19,23-24H,3-8,12-17,20H2,1-2H3,(H,29,32)/b25-19+. The number of nitrogens with zero attached hydrogens (tertiary/aromatic N) is 2. The number of hydrogen-bond acceptors (Lipinski definition) is 4. The summed E-state index contributed by atoms with van der Waals surface area (Å²) in [5, 5.41) is 4.09. The second-order valence-electron chi connectivity index (χ2n) is 9.40. The van der Waals surface area contributed by atoms with Crippen LogP contribution in [-0.2, 0) is 9.59 Å². The second-order valence-corrected chi connectivity index (χ2v) is 11.1. The van der Waals surface area contributed by atoms with Crippen LogP contribution in [0.25, 0.3) is 6.08 Å². The molecule has 2 fully saturated rings. The normalized spacial score (nSPS) is 21.7. The average Bonchev–Trinajstić information content (AvgIpc) is 2.83. The lowest BCUT2D eigenvalue weighted by Gasteiger charge is -2.43. The molecule has 1 saturated heterocycles. The van der Waals surface area contributed by atoms with Crippen LogP contribution < -0.4 is 5.32 Å². The van der Waals surface area contributed by atoms with Gasteiger partial charge in [-0.3, -0.25) is 9.59 Å². The molecule has 0 bridgehead atoms. The molecule has 0 aromatic heterocycles. The summed E-state index contributed by atoms with van der Waals surface area (Å²) in [5.74, 6) is -0.0894. The predicted octanol–water partition coefficient (Wildman–Crippen LogP) is 5.59. The highest BCUT2D eigenvalue weighted by Crippen LogP contribution is 2.42. The van der Waals surface area contributed by atoms with Gasteiger partial charge in [0.15, 0.2) is 0 Å². The minimum absolute atomic E-state index is 0.0317. The number of unbranched alkanes of at least 4 members (excludes halogenated alkanes) is 2. The summed E-state index contributed by atoms with van der Waals surface area (Å²) < 4.78 is 0. The molecule has 2 atom stereocenters. The van der Waals surface area contributed by atoms with Crippen molar-refractivity contribution < 1.29 is 9.59 Å². The first-order chi connectivity index (χ1) is 16.5. The molecular weight excluding hydrogens is 466 g/mol. The van der Waals surface area contributed by atoms with Crippen molar-refractivity contribution in [2.45, 2.75) is 76.5 Å². The molecule has 1 aliphatic heterocycles. The molecule has 188 valence electrons. The Balaban J connectivity index is 1.62. The van der Waals surface area contributed by atoms with E-state index in [-0.39, 0.29) is 24.4 Å². The van der Waals surface area contributed by atoms with Crippen molar-refractivity contribution >= 4 is 41.3 Å². The van der Waals surface area contributed by atoms with E-state index < -0.39 is 0 Å². The van der Waals surface area contributed by atoms with Crippen LogP contribution in [0, 0.1) is 0 Å². The van der Waals surface area contributed by atoms with Gasteiger partial charge < -0.3 is 15.1 Å². The quantitative estimate of drug-likeness (QED) is 0.376. The Morgan fingerprint density at radius 1 is 1.18 bits per heavy atom. The first-order valence-electron chi connectivity index (χ1n) is 13.0. The Bertz CT molecular complexity index is 839. The number of benzene rings is 1. The number of hydrogen-bond donors (Lipinski definition) is 1. The SMILES string of the molecule is CCCCN(CCCC)CCNC(=O)CN1C(=O)/C(=C\c2cccc(Cl)c2)SC2CCCCC21. The molecule has 0 spiro atoms. The molecule has 2 amide bonds. The highest BCUT2D eigenvalue weighted by atomic mass is 35.5. The lowest BCUT2D eigenvalue weighted by Crippen LogP contribution is -2.54. The topological polar surface area (TPSA) is 52.7 Å². The Morgan fingerprint density at radius 3 is 2.62 bits per heavy atom. The first kappa shape index (κ1) is 27.1. The smallest absolute Gasteiger partial charge is 0.261 e. The molecule has 7 heteroatoms. The van der Waals surface area contributed by atoms with Gasteiger partial charge in [0.1, 0.15) is 6.54 Å². The molecule has 34 heavy (non-hydrogen) atoms. The number of fused-ring (bicyclic) bond motifs is 1. The number of halogens is 1. The van der Waals surface area contributed by atoms with Gasteiger partial charge in [-0.1, -0.05) is 63.3 Å². The maximum Gasteiger partial charge on any atom is 0.261 e. The Labute approximate surface area is 214 Å². The van der Waals surface area contributed by atoms with Crippen LogP contribution in [0.4, 0.5) is 0 Å². The van der Waals surface area contributed by atoms with Crippen LogP contribution >= 0.6 is 23.4 Å². The molecule has 1 aromatic rings. The number of carbonyl (C=O) groups excluding carboxylic acids is 2. The lowest BCUT2D eigenvalue weighted by molar-refractivity contribution is -0.135. The van der Waals surface area contributed by atoms with E-state index in [0.717, 1.165) is 44.5 Å². The van der Waals surface area contributed by atoms with Crippen LogP contribution in [0.1, 0.15) is 70.8 Å². The van der Waals surface area contributed by atoms with E-state index in [1.165, 1.54) is 32.1 Å². The van der Waals surface area contributed by atoms with Gasteiger partial charge in [-0.2, -0.15) is 0 Å². The number of thioether (sulfide) groups is 1. The summed E-state index contributed by atoms with van der Waals surface area (Å²) in [6.45, 7) is 8.20. The van der Waals surface area contributed by atoms with Crippen molar-refractivity contribution in [3.05, 3.63) is 39.8 Å². The number of nitrogens with one attached hydrogen (secondary N) is 1. The molecule has 3 rings (SSSR count). The predicted molar refractivity (Wildman–Crippen MR) is 144 cm³/mol. The van der Waals surface area contributed by atoms with Crippen molar-refractivity contribution in [1.29, 1.82) is 0 Å². The van der Waals surface area contributed by atoms with Gasteiger partial charge in [0.05, 0.1) is 4.91 Å². The second kappa shape index (κ2) is 14.2. The third kappa shape index (κ3) is 8.03. The summed E-state index contributed by atoms with van der Waals surface area (Å²) in [6, 6.07) is 7.69. The highest BCUT2D eigenvalue weighted by molar-refractivity contribution is 8.04. The average molecular weight is 506 g/mol. The van der Waals surface area contributed by atoms with Gasteiger partial charge in [-0.05, 0) is 62.5 Å². The Morgan fingerprint density at radius 2 is 1.91 bits per heavy atom. The molecule has 1 aromatic carbocycles. The minimum Gasteiger partial charge on any atom is -0.353 e. The summed E-state index contributed by atoms with van der Waals surface area (Å²) >= 11 is 7.83. The van der Waals surface area contributed by atoms with Gasteiger partial charge in [0, 0.05) is 29.4 Å². The van der Waals surface area contributed by atoms with E-state index in [0.29, 0.717) is 21.7 Å². The minimum atomic E-state index is -0.0578. The van der Waals surface area contributed by atoms with Gasteiger partial charge in [0.25, 0.3) is 5.91 Å².